The van der Waals surface area contributed by atoms with Gasteiger partial charge in [0.2, 0.25) is 5.91 Å². The minimum absolute atomic E-state index is 0.128. The number of likely N-dealkylation sites (N-methyl/N-ethyl adjacent to an activating group) is 1. The second-order valence-corrected chi connectivity index (χ2v) is 9.38. The molecule has 3 rings (SSSR count). The first-order valence-electron chi connectivity index (χ1n) is 11.3. The van der Waals surface area contributed by atoms with E-state index in [1.807, 2.05) is 29.2 Å². The highest BCUT2D eigenvalue weighted by molar-refractivity contribution is 6.30. The van der Waals surface area contributed by atoms with Gasteiger partial charge < -0.3 is 20.0 Å². The van der Waals surface area contributed by atoms with Crippen LogP contribution in [0.1, 0.15) is 19.4 Å². The summed E-state index contributed by atoms with van der Waals surface area (Å²) in [7, 11) is 3.98. The van der Waals surface area contributed by atoms with Crippen molar-refractivity contribution in [2.24, 2.45) is 10.9 Å². The molecule has 1 N–H and O–H groups in total. The molecule has 31 heavy (non-hydrogen) atoms. The summed E-state index contributed by atoms with van der Waals surface area (Å²) in [4.78, 5) is 26.2. The van der Waals surface area contributed by atoms with Crippen LogP contribution in [0.15, 0.2) is 29.3 Å². The monoisotopic (exact) mass is 448 g/mol. The predicted octanol–water partition coefficient (Wildman–Crippen LogP) is 1.83. The number of aliphatic imine (C=N–C) groups is 1. The highest BCUT2D eigenvalue weighted by atomic mass is 35.5. The molecule has 1 amide bonds. The van der Waals surface area contributed by atoms with Crippen molar-refractivity contribution in [3.63, 3.8) is 0 Å². The number of nitrogens with zero attached hydrogens (tertiary/aromatic N) is 5. The van der Waals surface area contributed by atoms with Crippen LogP contribution in [0.3, 0.4) is 0 Å². The van der Waals surface area contributed by atoms with Crippen LogP contribution in [0, 0.1) is 5.92 Å². The molecule has 7 nitrogen and oxygen atoms in total. The lowest BCUT2D eigenvalue weighted by molar-refractivity contribution is -0.135. The summed E-state index contributed by atoms with van der Waals surface area (Å²) >= 11 is 5.97. The van der Waals surface area contributed by atoms with Crippen molar-refractivity contribution in [2.45, 2.75) is 26.4 Å². The zero-order valence-corrected chi connectivity index (χ0v) is 20.1. The van der Waals surface area contributed by atoms with E-state index in [4.69, 9.17) is 11.6 Å². The van der Waals surface area contributed by atoms with Crippen molar-refractivity contribution < 1.29 is 4.79 Å². The fourth-order valence-electron chi connectivity index (χ4n) is 4.33. The van der Waals surface area contributed by atoms with Gasteiger partial charge in [0.15, 0.2) is 5.96 Å². The van der Waals surface area contributed by atoms with Crippen LogP contribution in [-0.2, 0) is 11.3 Å². The van der Waals surface area contributed by atoms with E-state index in [1.54, 1.807) is 7.05 Å². The molecule has 1 aromatic carbocycles. The summed E-state index contributed by atoms with van der Waals surface area (Å²) in [6.07, 6.45) is 0. The van der Waals surface area contributed by atoms with Crippen molar-refractivity contribution in [3.05, 3.63) is 34.9 Å². The predicted molar refractivity (Wildman–Crippen MR) is 127 cm³/mol. The zero-order chi connectivity index (χ0) is 22.4. The fraction of sp³-hybridized carbons (Fsp3) is 0.652. The molecule has 0 spiro atoms. The van der Waals surface area contributed by atoms with Gasteiger partial charge in [-0.2, -0.15) is 0 Å². The van der Waals surface area contributed by atoms with Gasteiger partial charge in [-0.25, -0.2) is 0 Å². The molecule has 2 saturated heterocycles. The maximum atomic E-state index is 12.8. The normalized spacial score (nSPS) is 20.5. The SMILES string of the molecule is CN=C(NCC(C(C)C)N1CCN(C)CC1)N1CCN(Cc2ccc(Cl)cc2)C(=O)C1. The molecule has 172 valence electrons. The highest BCUT2D eigenvalue weighted by Crippen LogP contribution is 2.15. The standard InChI is InChI=1S/C23H37ClN6O/c1-18(2)21(28-11-9-27(4)10-12-28)15-26-23(25-3)30-14-13-29(22(31)17-30)16-19-5-7-20(24)8-6-19/h5-8,18,21H,9-17H2,1-4H3,(H,25,26). The molecule has 2 heterocycles. The van der Waals surface area contributed by atoms with E-state index in [9.17, 15) is 4.79 Å². The third-order valence-corrected chi connectivity index (χ3v) is 6.61. The highest BCUT2D eigenvalue weighted by Gasteiger charge is 2.28. The molecular weight excluding hydrogens is 412 g/mol. The van der Waals surface area contributed by atoms with Crippen LogP contribution >= 0.6 is 11.6 Å². The van der Waals surface area contributed by atoms with Crippen molar-refractivity contribution in [1.82, 2.24) is 24.9 Å². The molecule has 1 aromatic rings. The van der Waals surface area contributed by atoms with E-state index in [0.29, 0.717) is 36.6 Å². The summed E-state index contributed by atoms with van der Waals surface area (Å²) in [6, 6.07) is 8.15. The van der Waals surface area contributed by atoms with E-state index in [0.717, 1.165) is 50.8 Å². The second-order valence-electron chi connectivity index (χ2n) is 8.94. The molecule has 1 atom stereocenters. The number of halogens is 1. The molecule has 2 aliphatic heterocycles. The van der Waals surface area contributed by atoms with Crippen molar-refractivity contribution in [1.29, 1.82) is 0 Å². The van der Waals surface area contributed by atoms with Gasteiger partial charge in [0.25, 0.3) is 0 Å². The van der Waals surface area contributed by atoms with Crippen molar-refractivity contribution in [2.75, 3.05) is 66.5 Å². The number of benzene rings is 1. The van der Waals surface area contributed by atoms with Crippen LogP contribution in [0.25, 0.3) is 0 Å². The third kappa shape index (κ3) is 6.57. The Kier molecular flexibility index (Phi) is 8.58. The van der Waals surface area contributed by atoms with Gasteiger partial charge in [0.05, 0.1) is 6.54 Å². The van der Waals surface area contributed by atoms with Gasteiger partial charge in [-0.05, 0) is 30.7 Å². The lowest BCUT2D eigenvalue weighted by Crippen LogP contribution is -2.58. The number of guanidine groups is 1. The van der Waals surface area contributed by atoms with Gasteiger partial charge in [0, 0.05) is 70.5 Å². The maximum absolute atomic E-state index is 12.8. The minimum atomic E-state index is 0.128. The number of piperazine rings is 2. The Labute approximate surface area is 192 Å². The zero-order valence-electron chi connectivity index (χ0n) is 19.4. The van der Waals surface area contributed by atoms with E-state index in [1.165, 1.54) is 0 Å². The molecular formula is C23H37ClN6O. The lowest BCUT2D eigenvalue weighted by Gasteiger charge is -2.41. The van der Waals surface area contributed by atoms with Crippen LogP contribution in [0.5, 0.6) is 0 Å². The van der Waals surface area contributed by atoms with E-state index >= 15 is 0 Å². The molecule has 0 bridgehead atoms. The van der Waals surface area contributed by atoms with Gasteiger partial charge in [0.1, 0.15) is 0 Å². The molecule has 0 aliphatic carbocycles. The number of hydrogen-bond donors (Lipinski definition) is 1. The summed E-state index contributed by atoms with van der Waals surface area (Å²) < 4.78 is 0. The molecule has 0 saturated carbocycles. The van der Waals surface area contributed by atoms with Crippen molar-refractivity contribution in [3.8, 4) is 0 Å². The fourth-order valence-corrected chi connectivity index (χ4v) is 4.46. The Bertz CT molecular complexity index is 745. The topological polar surface area (TPSA) is 54.4 Å². The van der Waals surface area contributed by atoms with E-state index < -0.39 is 0 Å². The molecule has 0 radical (unpaired) electrons. The molecule has 2 fully saturated rings. The van der Waals surface area contributed by atoms with E-state index in [-0.39, 0.29) is 5.91 Å². The number of carbonyl (C=O) groups is 1. The van der Waals surface area contributed by atoms with E-state index in [2.05, 4.69) is 45.9 Å². The first kappa shape index (κ1) is 23.8. The minimum Gasteiger partial charge on any atom is -0.355 e. The van der Waals surface area contributed by atoms with Gasteiger partial charge in [-0.3, -0.25) is 14.7 Å². The van der Waals surface area contributed by atoms with Crippen LogP contribution in [-0.4, -0.2) is 104 Å². The van der Waals surface area contributed by atoms with Crippen molar-refractivity contribution >= 4 is 23.5 Å². The van der Waals surface area contributed by atoms with Crippen LogP contribution in [0.2, 0.25) is 5.02 Å². The quantitative estimate of drug-likeness (QED) is 0.531. The van der Waals surface area contributed by atoms with Gasteiger partial charge in [-0.15, -0.1) is 0 Å². The van der Waals surface area contributed by atoms with Crippen LogP contribution < -0.4 is 5.32 Å². The van der Waals surface area contributed by atoms with Gasteiger partial charge >= 0.3 is 0 Å². The number of hydrogen-bond acceptors (Lipinski definition) is 4. The smallest absolute Gasteiger partial charge is 0.242 e. The number of amides is 1. The second kappa shape index (κ2) is 11.2. The maximum Gasteiger partial charge on any atom is 0.242 e. The Hall–Kier alpha value is -1.83. The Morgan fingerprint density at radius 1 is 1.10 bits per heavy atom. The molecule has 0 aromatic heterocycles. The Balaban J connectivity index is 1.53. The largest absolute Gasteiger partial charge is 0.355 e. The Morgan fingerprint density at radius 3 is 2.35 bits per heavy atom. The average Bonchev–Trinajstić information content (AvgIpc) is 2.75. The first-order chi connectivity index (χ1) is 14.9. The summed E-state index contributed by atoms with van der Waals surface area (Å²) in [5, 5.41) is 4.27. The molecule has 8 heteroatoms. The van der Waals surface area contributed by atoms with Gasteiger partial charge in [-0.1, -0.05) is 37.6 Å². The first-order valence-corrected chi connectivity index (χ1v) is 11.7. The lowest BCUT2D eigenvalue weighted by atomic mass is 10.0. The third-order valence-electron chi connectivity index (χ3n) is 6.36. The van der Waals surface area contributed by atoms with Crippen LogP contribution in [0.4, 0.5) is 0 Å². The number of carbonyl (C=O) groups excluding carboxylic acids is 1. The number of rotatable bonds is 6. The summed E-state index contributed by atoms with van der Waals surface area (Å²) in [6.45, 7) is 12.3. The molecule has 1 unspecified atom stereocenters. The summed E-state index contributed by atoms with van der Waals surface area (Å²) in [5.41, 5.74) is 1.10. The number of nitrogens with one attached hydrogen (secondary N) is 1. The Morgan fingerprint density at radius 2 is 1.77 bits per heavy atom. The average molecular weight is 449 g/mol. The summed E-state index contributed by atoms with van der Waals surface area (Å²) in [5.74, 6) is 1.50. The molecule has 2 aliphatic rings.